The Morgan fingerprint density at radius 1 is 1.04 bits per heavy atom. The normalized spacial score (nSPS) is 11.3. The van der Waals surface area contributed by atoms with Gasteiger partial charge < -0.3 is 4.90 Å². The molecule has 0 radical (unpaired) electrons. The van der Waals surface area contributed by atoms with Crippen molar-refractivity contribution in [1.82, 2.24) is 0 Å². The highest BCUT2D eigenvalue weighted by Gasteiger charge is 2.19. The second-order valence-corrected chi connectivity index (χ2v) is 8.44. The number of carbonyl (C=O) groups excluding carboxylic acids is 1. The van der Waals surface area contributed by atoms with Crippen molar-refractivity contribution in [3.8, 4) is 0 Å². The monoisotopic (exact) mass is 385 g/mol. The molecule has 0 aliphatic carbocycles. The molecule has 2 aromatic rings. The van der Waals surface area contributed by atoms with Gasteiger partial charge in [-0.05, 0) is 37.3 Å². The molecule has 0 heterocycles. The van der Waals surface area contributed by atoms with E-state index in [0.29, 0.717) is 15.7 Å². The van der Waals surface area contributed by atoms with Gasteiger partial charge in [0.15, 0.2) is 9.84 Å². The van der Waals surface area contributed by atoms with Crippen LogP contribution in [0.15, 0.2) is 47.4 Å². The van der Waals surface area contributed by atoms with E-state index in [1.54, 1.807) is 49.5 Å². The Kier molecular flexibility index (Phi) is 5.91. The second kappa shape index (κ2) is 7.55. The van der Waals surface area contributed by atoms with Crippen molar-refractivity contribution >= 4 is 44.6 Å². The summed E-state index contributed by atoms with van der Waals surface area (Å²) in [5, 5.41) is 0.814. The molecule has 1 amide bonds. The van der Waals surface area contributed by atoms with Crippen molar-refractivity contribution in [1.29, 1.82) is 0 Å². The average molecular weight is 386 g/mol. The van der Waals surface area contributed by atoms with Gasteiger partial charge in [0.25, 0.3) is 0 Å². The van der Waals surface area contributed by atoms with Gasteiger partial charge in [-0.1, -0.05) is 40.9 Å². The standard InChI is InChI=1S/C17H17Cl2NO3S/c1-12-3-5-16(6-4-12)24(22,23)8-7-17(21)20(2)15-10-13(18)9-14(19)11-15/h3-6,9-11H,7-8H2,1-2H3. The number of amides is 1. The number of hydrogen-bond acceptors (Lipinski definition) is 3. The maximum absolute atomic E-state index is 12.3. The van der Waals surface area contributed by atoms with Gasteiger partial charge in [0.1, 0.15) is 0 Å². The fourth-order valence-corrected chi connectivity index (χ4v) is 3.87. The first kappa shape index (κ1) is 18.8. The average Bonchev–Trinajstić information content (AvgIpc) is 2.51. The van der Waals surface area contributed by atoms with Gasteiger partial charge in [-0.2, -0.15) is 0 Å². The summed E-state index contributed by atoms with van der Waals surface area (Å²) in [6.07, 6.45) is -0.128. The van der Waals surface area contributed by atoms with Crippen molar-refractivity contribution < 1.29 is 13.2 Å². The fourth-order valence-electron chi connectivity index (χ4n) is 2.13. The van der Waals surface area contributed by atoms with Gasteiger partial charge in [0.05, 0.1) is 10.6 Å². The molecule has 2 rings (SSSR count). The number of nitrogens with zero attached hydrogens (tertiary/aromatic N) is 1. The first-order valence-corrected chi connectivity index (χ1v) is 9.62. The molecule has 0 unspecified atom stereocenters. The number of sulfone groups is 1. The van der Waals surface area contributed by atoms with Crippen LogP contribution in [-0.2, 0) is 14.6 Å². The molecule has 128 valence electrons. The molecule has 0 fully saturated rings. The van der Waals surface area contributed by atoms with Crippen molar-refractivity contribution in [2.24, 2.45) is 0 Å². The van der Waals surface area contributed by atoms with E-state index in [0.717, 1.165) is 5.56 Å². The van der Waals surface area contributed by atoms with E-state index in [1.807, 2.05) is 6.92 Å². The third-order valence-electron chi connectivity index (χ3n) is 3.57. The van der Waals surface area contributed by atoms with E-state index in [4.69, 9.17) is 23.2 Å². The van der Waals surface area contributed by atoms with Gasteiger partial charge in [-0.25, -0.2) is 8.42 Å². The Balaban J connectivity index is 2.07. The van der Waals surface area contributed by atoms with Gasteiger partial charge in [0, 0.05) is 29.2 Å². The predicted molar refractivity (Wildman–Crippen MR) is 97.7 cm³/mol. The first-order valence-electron chi connectivity index (χ1n) is 7.21. The van der Waals surface area contributed by atoms with Crippen molar-refractivity contribution in [3.63, 3.8) is 0 Å². The van der Waals surface area contributed by atoms with Crippen molar-refractivity contribution in [2.45, 2.75) is 18.2 Å². The Labute approximate surface area is 151 Å². The number of rotatable bonds is 5. The van der Waals surface area contributed by atoms with Gasteiger partial charge in [-0.15, -0.1) is 0 Å². The summed E-state index contributed by atoms with van der Waals surface area (Å²) < 4.78 is 24.6. The Hall–Kier alpha value is -1.56. The van der Waals surface area contributed by atoms with Crippen molar-refractivity contribution in [2.75, 3.05) is 17.7 Å². The van der Waals surface area contributed by atoms with Gasteiger partial charge >= 0.3 is 0 Å². The number of aryl methyl sites for hydroxylation is 1. The second-order valence-electron chi connectivity index (χ2n) is 5.46. The highest BCUT2D eigenvalue weighted by Crippen LogP contribution is 2.25. The fraction of sp³-hybridized carbons (Fsp3) is 0.235. The topological polar surface area (TPSA) is 54.5 Å². The lowest BCUT2D eigenvalue weighted by molar-refractivity contribution is -0.117. The lowest BCUT2D eigenvalue weighted by Gasteiger charge is -2.18. The SMILES string of the molecule is Cc1ccc(S(=O)(=O)CCC(=O)N(C)c2cc(Cl)cc(Cl)c2)cc1. The Morgan fingerprint density at radius 3 is 2.12 bits per heavy atom. The van der Waals surface area contributed by atoms with E-state index in [-0.39, 0.29) is 23.0 Å². The van der Waals surface area contributed by atoms with E-state index < -0.39 is 9.84 Å². The summed E-state index contributed by atoms with van der Waals surface area (Å²) in [6.45, 7) is 1.88. The summed E-state index contributed by atoms with van der Waals surface area (Å²) in [4.78, 5) is 13.8. The predicted octanol–water partition coefficient (Wildman–Crippen LogP) is 4.13. The van der Waals surface area contributed by atoms with Crippen molar-refractivity contribution in [3.05, 3.63) is 58.1 Å². The molecule has 24 heavy (non-hydrogen) atoms. The smallest absolute Gasteiger partial charge is 0.227 e. The largest absolute Gasteiger partial charge is 0.315 e. The minimum absolute atomic E-state index is 0.128. The maximum Gasteiger partial charge on any atom is 0.227 e. The molecule has 4 nitrogen and oxygen atoms in total. The summed E-state index contributed by atoms with van der Waals surface area (Å²) in [6, 6.07) is 11.3. The summed E-state index contributed by atoms with van der Waals surface area (Å²) in [5.74, 6) is -0.586. The van der Waals surface area contributed by atoms with Gasteiger partial charge in [-0.3, -0.25) is 4.79 Å². The van der Waals surface area contributed by atoms with Crippen LogP contribution in [0.2, 0.25) is 10.0 Å². The minimum Gasteiger partial charge on any atom is -0.315 e. The number of benzene rings is 2. The molecule has 0 spiro atoms. The van der Waals surface area contributed by atoms with Crippen LogP contribution in [0.4, 0.5) is 5.69 Å². The maximum atomic E-state index is 12.3. The third kappa shape index (κ3) is 4.72. The molecule has 0 aliphatic heterocycles. The van der Waals surface area contributed by atoms with Crippen LogP contribution in [-0.4, -0.2) is 27.1 Å². The summed E-state index contributed by atoms with van der Waals surface area (Å²) >= 11 is 11.8. The van der Waals surface area contributed by atoms with Gasteiger partial charge in [0.2, 0.25) is 5.91 Å². The molecular formula is C17H17Cl2NO3S. The molecule has 0 saturated carbocycles. The molecular weight excluding hydrogens is 369 g/mol. The van der Waals surface area contributed by atoms with E-state index in [9.17, 15) is 13.2 Å². The molecule has 0 aliphatic rings. The van der Waals surface area contributed by atoms with E-state index >= 15 is 0 Å². The van der Waals surface area contributed by atoms with Crippen LogP contribution in [0.5, 0.6) is 0 Å². The zero-order chi connectivity index (χ0) is 17.9. The van der Waals surface area contributed by atoms with Crippen LogP contribution in [0.25, 0.3) is 0 Å². The Bertz CT molecular complexity index is 828. The number of hydrogen-bond donors (Lipinski definition) is 0. The highest BCUT2D eigenvalue weighted by molar-refractivity contribution is 7.91. The minimum atomic E-state index is -3.50. The molecule has 0 aromatic heterocycles. The highest BCUT2D eigenvalue weighted by atomic mass is 35.5. The molecule has 0 atom stereocenters. The van der Waals surface area contributed by atoms with Crippen LogP contribution in [0.3, 0.4) is 0 Å². The molecule has 2 aromatic carbocycles. The van der Waals surface area contributed by atoms with Crippen LogP contribution in [0.1, 0.15) is 12.0 Å². The Morgan fingerprint density at radius 2 is 1.58 bits per heavy atom. The molecule has 0 N–H and O–H groups in total. The third-order valence-corrected chi connectivity index (χ3v) is 5.74. The number of carbonyl (C=O) groups is 1. The zero-order valence-corrected chi connectivity index (χ0v) is 15.6. The molecule has 0 saturated heterocycles. The van der Waals surface area contributed by atoms with Crippen LogP contribution >= 0.6 is 23.2 Å². The molecule has 7 heteroatoms. The van der Waals surface area contributed by atoms with E-state index in [2.05, 4.69) is 0 Å². The zero-order valence-electron chi connectivity index (χ0n) is 13.3. The number of anilines is 1. The number of halogens is 2. The van der Waals surface area contributed by atoms with Crippen LogP contribution in [0, 0.1) is 6.92 Å². The molecule has 0 bridgehead atoms. The lowest BCUT2D eigenvalue weighted by Crippen LogP contribution is -2.28. The van der Waals surface area contributed by atoms with E-state index in [1.165, 1.54) is 4.90 Å². The van der Waals surface area contributed by atoms with Crippen LogP contribution < -0.4 is 4.90 Å². The first-order chi connectivity index (χ1) is 11.2. The quantitative estimate of drug-likeness (QED) is 0.777. The summed E-state index contributed by atoms with van der Waals surface area (Å²) in [7, 11) is -1.95. The lowest BCUT2D eigenvalue weighted by atomic mass is 10.2. The summed E-state index contributed by atoms with van der Waals surface area (Å²) in [5.41, 5.74) is 1.49.